The first-order valence-electron chi connectivity index (χ1n) is 8.91. The van der Waals surface area contributed by atoms with E-state index in [2.05, 4.69) is 6.92 Å². The van der Waals surface area contributed by atoms with Crippen molar-refractivity contribution in [3.63, 3.8) is 0 Å². The molecule has 0 aromatic carbocycles. The Kier molecular flexibility index (Phi) is 3.21. The largest absolute Gasteiger partial charge is 0.393 e. The Morgan fingerprint density at radius 1 is 1.09 bits per heavy atom. The van der Waals surface area contributed by atoms with Crippen LogP contribution in [0.2, 0.25) is 0 Å². The molecule has 0 bridgehead atoms. The molecule has 4 nitrogen and oxygen atoms in total. The van der Waals surface area contributed by atoms with Crippen molar-refractivity contribution in [2.24, 2.45) is 28.6 Å². The molecule has 7 atom stereocenters. The number of hydrogen-bond acceptors (Lipinski definition) is 4. The number of Topliss-reactive ketones (excluding diaryl/α,β-unsaturated/α-hetero) is 1. The summed E-state index contributed by atoms with van der Waals surface area (Å²) < 4.78 is 0. The van der Waals surface area contributed by atoms with E-state index in [4.69, 9.17) is 0 Å². The Balaban J connectivity index is 1.80. The maximum absolute atomic E-state index is 12.4. The topological polar surface area (TPSA) is 74.6 Å². The van der Waals surface area contributed by atoms with Crippen LogP contribution in [0.15, 0.2) is 11.6 Å². The number of hydrogen-bond donors (Lipinski definition) is 2. The molecule has 4 rings (SSSR count). The van der Waals surface area contributed by atoms with Crippen LogP contribution >= 0.6 is 0 Å². The van der Waals surface area contributed by atoms with Crippen molar-refractivity contribution in [2.45, 2.75) is 64.6 Å². The van der Waals surface area contributed by atoms with Gasteiger partial charge < -0.3 is 10.2 Å². The average Bonchev–Trinajstić information content (AvgIpc) is 2.76. The molecule has 0 heterocycles. The van der Waals surface area contributed by atoms with Gasteiger partial charge in [0.1, 0.15) is 5.78 Å². The Morgan fingerprint density at radius 3 is 2.57 bits per heavy atom. The molecule has 0 radical (unpaired) electrons. The standard InChI is InChI=1S/C19H26O4/c1-18-6-5-11(20)7-10(18)8-13(21)16-12-3-4-15(23)19(12,2)9-14(22)17(16)18/h7,12-14,16-17,21-22H,3-6,8-9H2,1-2H3/t12-,13-,14+,16+,17-,18-,19-/m0/s1. The number of aliphatic hydroxyl groups excluding tert-OH is 2. The van der Waals surface area contributed by atoms with E-state index in [-0.39, 0.29) is 34.7 Å². The fourth-order valence-electron chi connectivity index (χ4n) is 6.41. The normalized spacial score (nSPS) is 52.5. The second kappa shape index (κ2) is 4.76. The maximum Gasteiger partial charge on any atom is 0.155 e. The van der Waals surface area contributed by atoms with Crippen LogP contribution in [0, 0.1) is 28.6 Å². The molecule has 0 aromatic rings. The highest BCUT2D eigenvalue weighted by molar-refractivity contribution is 5.91. The minimum atomic E-state index is -0.583. The lowest BCUT2D eigenvalue weighted by atomic mass is 9.46. The smallest absolute Gasteiger partial charge is 0.155 e. The monoisotopic (exact) mass is 318 g/mol. The molecule has 23 heavy (non-hydrogen) atoms. The second-order valence-electron chi connectivity index (χ2n) is 8.69. The second-order valence-corrected chi connectivity index (χ2v) is 8.69. The minimum absolute atomic E-state index is 0.0365. The summed E-state index contributed by atoms with van der Waals surface area (Å²) in [7, 11) is 0. The first kappa shape index (κ1) is 15.5. The van der Waals surface area contributed by atoms with Crippen molar-refractivity contribution in [2.75, 3.05) is 0 Å². The third-order valence-electron chi connectivity index (χ3n) is 7.63. The van der Waals surface area contributed by atoms with Crippen molar-refractivity contribution in [3.05, 3.63) is 11.6 Å². The molecule has 4 aliphatic rings. The number of carbonyl (C=O) groups is 2. The van der Waals surface area contributed by atoms with Crippen LogP contribution in [-0.4, -0.2) is 34.0 Å². The lowest BCUT2D eigenvalue weighted by molar-refractivity contribution is -0.165. The first-order chi connectivity index (χ1) is 10.8. The first-order valence-corrected chi connectivity index (χ1v) is 8.91. The zero-order valence-corrected chi connectivity index (χ0v) is 13.9. The van der Waals surface area contributed by atoms with Crippen LogP contribution in [0.1, 0.15) is 52.4 Å². The highest BCUT2D eigenvalue weighted by atomic mass is 16.3. The van der Waals surface area contributed by atoms with E-state index in [1.165, 1.54) is 0 Å². The fourth-order valence-corrected chi connectivity index (χ4v) is 6.41. The van der Waals surface area contributed by atoms with Crippen LogP contribution < -0.4 is 0 Å². The summed E-state index contributed by atoms with van der Waals surface area (Å²) >= 11 is 0. The third-order valence-corrected chi connectivity index (χ3v) is 7.63. The van der Waals surface area contributed by atoms with E-state index < -0.39 is 17.6 Å². The number of rotatable bonds is 0. The molecular weight excluding hydrogens is 292 g/mol. The van der Waals surface area contributed by atoms with E-state index in [9.17, 15) is 19.8 Å². The Labute approximate surface area is 137 Å². The summed E-state index contributed by atoms with van der Waals surface area (Å²) in [4.78, 5) is 24.2. The summed E-state index contributed by atoms with van der Waals surface area (Å²) in [5.74, 6) is 0.460. The molecule has 0 saturated heterocycles. The van der Waals surface area contributed by atoms with E-state index in [1.54, 1.807) is 6.08 Å². The van der Waals surface area contributed by atoms with Crippen molar-refractivity contribution >= 4 is 11.6 Å². The summed E-state index contributed by atoms with van der Waals surface area (Å²) in [5.41, 5.74) is 0.308. The number of ketones is 2. The summed E-state index contributed by atoms with van der Waals surface area (Å²) in [5, 5.41) is 21.8. The van der Waals surface area contributed by atoms with Crippen molar-refractivity contribution < 1.29 is 19.8 Å². The van der Waals surface area contributed by atoms with Crippen molar-refractivity contribution in [1.29, 1.82) is 0 Å². The van der Waals surface area contributed by atoms with Gasteiger partial charge in [-0.3, -0.25) is 9.59 Å². The molecule has 0 spiro atoms. The molecule has 0 aromatic heterocycles. The number of carbonyl (C=O) groups excluding carboxylic acids is 2. The van der Waals surface area contributed by atoms with Crippen LogP contribution in [-0.2, 0) is 9.59 Å². The maximum atomic E-state index is 12.4. The molecule has 0 unspecified atom stereocenters. The quantitative estimate of drug-likeness (QED) is 0.717. The molecule has 126 valence electrons. The Bertz CT molecular complexity index is 608. The SMILES string of the molecule is C[C@]12CCC(=O)C=C1C[C@H](O)[C@@H]1[C@@H]2[C@H](O)C[C@]2(C)C(=O)CC[C@@H]12. The van der Waals surface area contributed by atoms with Crippen molar-refractivity contribution in [1.82, 2.24) is 0 Å². The molecule has 2 N–H and O–H groups in total. The fraction of sp³-hybridized carbons (Fsp3) is 0.789. The molecule has 4 aliphatic carbocycles. The van der Waals surface area contributed by atoms with Gasteiger partial charge in [0, 0.05) is 18.3 Å². The van der Waals surface area contributed by atoms with E-state index >= 15 is 0 Å². The molecule has 4 heteroatoms. The number of fused-ring (bicyclic) bond motifs is 5. The van der Waals surface area contributed by atoms with E-state index in [1.807, 2.05) is 6.92 Å². The van der Waals surface area contributed by atoms with E-state index in [0.717, 1.165) is 18.4 Å². The van der Waals surface area contributed by atoms with Crippen LogP contribution in [0.25, 0.3) is 0 Å². The van der Waals surface area contributed by atoms with Gasteiger partial charge in [-0.2, -0.15) is 0 Å². The van der Waals surface area contributed by atoms with Crippen LogP contribution in [0.5, 0.6) is 0 Å². The molecule has 3 saturated carbocycles. The zero-order valence-electron chi connectivity index (χ0n) is 13.9. The molecular formula is C19H26O4. The van der Waals surface area contributed by atoms with Crippen LogP contribution in [0.3, 0.4) is 0 Å². The van der Waals surface area contributed by atoms with Gasteiger partial charge in [-0.15, -0.1) is 0 Å². The van der Waals surface area contributed by atoms with Gasteiger partial charge in [0.25, 0.3) is 0 Å². The van der Waals surface area contributed by atoms with Gasteiger partial charge in [0.15, 0.2) is 5.78 Å². The van der Waals surface area contributed by atoms with Gasteiger partial charge in [-0.25, -0.2) is 0 Å². The minimum Gasteiger partial charge on any atom is -0.393 e. The van der Waals surface area contributed by atoms with Gasteiger partial charge in [-0.1, -0.05) is 19.4 Å². The van der Waals surface area contributed by atoms with E-state index in [0.29, 0.717) is 25.7 Å². The van der Waals surface area contributed by atoms with Gasteiger partial charge >= 0.3 is 0 Å². The molecule has 0 aliphatic heterocycles. The molecule has 3 fully saturated rings. The molecule has 0 amide bonds. The lowest BCUT2D eigenvalue weighted by Gasteiger charge is -2.59. The summed E-state index contributed by atoms with van der Waals surface area (Å²) in [6.45, 7) is 4.13. The van der Waals surface area contributed by atoms with Crippen molar-refractivity contribution in [3.8, 4) is 0 Å². The predicted molar refractivity (Wildman–Crippen MR) is 84.5 cm³/mol. The lowest BCUT2D eigenvalue weighted by Crippen LogP contribution is -2.60. The predicted octanol–water partition coefficient (Wildman–Crippen LogP) is 2.03. The Morgan fingerprint density at radius 2 is 1.83 bits per heavy atom. The Hall–Kier alpha value is -1.00. The highest BCUT2D eigenvalue weighted by Gasteiger charge is 2.64. The third kappa shape index (κ3) is 1.91. The average molecular weight is 318 g/mol. The van der Waals surface area contributed by atoms with Gasteiger partial charge in [-0.05, 0) is 54.9 Å². The zero-order chi connectivity index (χ0) is 16.6. The summed E-state index contributed by atoms with van der Waals surface area (Å²) in [6, 6.07) is 0. The summed E-state index contributed by atoms with van der Waals surface area (Å²) in [6.07, 6.45) is 4.25. The number of aliphatic hydroxyl groups is 2. The van der Waals surface area contributed by atoms with Gasteiger partial charge in [0.05, 0.1) is 12.2 Å². The van der Waals surface area contributed by atoms with Crippen LogP contribution in [0.4, 0.5) is 0 Å². The highest BCUT2D eigenvalue weighted by Crippen LogP contribution is 2.64. The van der Waals surface area contributed by atoms with Gasteiger partial charge in [0.2, 0.25) is 0 Å².